The highest BCUT2D eigenvalue weighted by molar-refractivity contribution is 7.99. The number of hydrogen-bond donors (Lipinski definition) is 1. The van der Waals surface area contributed by atoms with Gasteiger partial charge in [-0.25, -0.2) is 4.68 Å². The zero-order valence-corrected chi connectivity index (χ0v) is 7.91. The molecule has 0 aromatic carbocycles. The van der Waals surface area contributed by atoms with Gasteiger partial charge in [0.1, 0.15) is 5.69 Å². The summed E-state index contributed by atoms with van der Waals surface area (Å²) in [5, 5.41) is 13.7. The van der Waals surface area contributed by atoms with E-state index in [0.29, 0.717) is 10.9 Å². The standard InChI is InChI=1S/C7H9N3O2S/c1-4-6(12)8-7-10(9-4)5(2-11)3-13-7/h5,11H,2-3H2,1H3. The first-order chi connectivity index (χ1) is 6.22. The Morgan fingerprint density at radius 3 is 3.23 bits per heavy atom. The third-order valence-corrected chi connectivity index (χ3v) is 3.01. The summed E-state index contributed by atoms with van der Waals surface area (Å²) in [5.74, 6) is 0.736. The summed E-state index contributed by atoms with van der Waals surface area (Å²) in [6, 6.07) is -0.0354. The maximum atomic E-state index is 11.1. The van der Waals surface area contributed by atoms with Crippen LogP contribution in [0.25, 0.3) is 0 Å². The Labute approximate surface area is 78.8 Å². The molecule has 0 fully saturated rings. The molecule has 1 unspecified atom stereocenters. The van der Waals surface area contributed by atoms with Crippen molar-refractivity contribution < 1.29 is 5.11 Å². The molecule has 0 spiro atoms. The molecule has 0 aliphatic carbocycles. The predicted molar refractivity (Wildman–Crippen MR) is 47.9 cm³/mol. The Morgan fingerprint density at radius 2 is 2.54 bits per heavy atom. The zero-order valence-electron chi connectivity index (χ0n) is 7.10. The van der Waals surface area contributed by atoms with E-state index in [4.69, 9.17) is 5.11 Å². The van der Waals surface area contributed by atoms with Crippen molar-refractivity contribution in [3.05, 3.63) is 16.0 Å². The predicted octanol–water partition coefficient (Wildman–Crippen LogP) is -0.414. The Kier molecular flexibility index (Phi) is 2.09. The summed E-state index contributed by atoms with van der Waals surface area (Å²) in [6.07, 6.45) is 0. The van der Waals surface area contributed by atoms with E-state index in [9.17, 15) is 4.79 Å². The molecule has 5 nitrogen and oxygen atoms in total. The number of aryl methyl sites for hydroxylation is 1. The highest BCUT2D eigenvalue weighted by atomic mass is 32.2. The number of thioether (sulfide) groups is 1. The smallest absolute Gasteiger partial charge is 0.295 e. The van der Waals surface area contributed by atoms with Crippen molar-refractivity contribution in [2.24, 2.45) is 0 Å². The van der Waals surface area contributed by atoms with Crippen LogP contribution in [-0.4, -0.2) is 32.2 Å². The summed E-state index contributed by atoms with van der Waals surface area (Å²) in [6.45, 7) is 1.66. The van der Waals surface area contributed by atoms with Crippen molar-refractivity contribution in [2.45, 2.75) is 18.1 Å². The normalized spacial score (nSPS) is 20.3. The van der Waals surface area contributed by atoms with Crippen LogP contribution in [0.5, 0.6) is 0 Å². The second-order valence-electron chi connectivity index (χ2n) is 2.88. The van der Waals surface area contributed by atoms with E-state index in [-0.39, 0.29) is 18.2 Å². The van der Waals surface area contributed by atoms with Crippen molar-refractivity contribution in [3.8, 4) is 0 Å². The molecule has 70 valence electrons. The quantitative estimate of drug-likeness (QED) is 0.665. The largest absolute Gasteiger partial charge is 0.394 e. The fraction of sp³-hybridized carbons (Fsp3) is 0.571. The summed E-state index contributed by atoms with van der Waals surface area (Å²) in [4.78, 5) is 15.0. The molecule has 0 saturated carbocycles. The second kappa shape index (κ2) is 3.12. The lowest BCUT2D eigenvalue weighted by atomic mass is 10.4. The molecular formula is C7H9N3O2S. The van der Waals surface area contributed by atoms with Crippen molar-refractivity contribution in [3.63, 3.8) is 0 Å². The molecule has 1 N–H and O–H groups in total. The van der Waals surface area contributed by atoms with Gasteiger partial charge >= 0.3 is 0 Å². The fourth-order valence-corrected chi connectivity index (χ4v) is 2.23. The molecule has 1 aromatic rings. The molecule has 1 aliphatic rings. The molecule has 1 aromatic heterocycles. The highest BCUT2D eigenvalue weighted by Gasteiger charge is 2.24. The van der Waals surface area contributed by atoms with E-state index in [1.165, 1.54) is 11.8 Å². The first kappa shape index (κ1) is 8.71. The lowest BCUT2D eigenvalue weighted by Crippen LogP contribution is -2.22. The average molecular weight is 199 g/mol. The van der Waals surface area contributed by atoms with E-state index in [1.807, 2.05) is 0 Å². The molecule has 0 radical (unpaired) electrons. The summed E-state index contributed by atoms with van der Waals surface area (Å²) in [7, 11) is 0. The average Bonchev–Trinajstić information content (AvgIpc) is 2.48. The monoisotopic (exact) mass is 199 g/mol. The van der Waals surface area contributed by atoms with Crippen molar-refractivity contribution >= 4 is 11.8 Å². The first-order valence-electron chi connectivity index (χ1n) is 3.93. The van der Waals surface area contributed by atoms with Crippen LogP contribution < -0.4 is 5.56 Å². The van der Waals surface area contributed by atoms with Gasteiger partial charge in [0.2, 0.25) is 0 Å². The van der Waals surface area contributed by atoms with Gasteiger partial charge in [0.25, 0.3) is 5.56 Å². The molecule has 13 heavy (non-hydrogen) atoms. The van der Waals surface area contributed by atoms with Crippen molar-refractivity contribution in [2.75, 3.05) is 12.4 Å². The maximum absolute atomic E-state index is 11.1. The van der Waals surface area contributed by atoms with Gasteiger partial charge in [0.05, 0.1) is 12.6 Å². The minimum Gasteiger partial charge on any atom is -0.394 e. The molecule has 1 atom stereocenters. The van der Waals surface area contributed by atoms with Gasteiger partial charge in [-0.15, -0.1) is 0 Å². The Balaban J connectivity index is 2.53. The summed E-state index contributed by atoms with van der Waals surface area (Å²) < 4.78 is 1.63. The molecule has 0 bridgehead atoms. The van der Waals surface area contributed by atoms with E-state index < -0.39 is 0 Å². The fourth-order valence-electron chi connectivity index (χ4n) is 1.17. The SMILES string of the molecule is Cc1nn2c(nc1=O)SCC2CO. The number of aliphatic hydroxyl groups excluding tert-OH is 1. The van der Waals surface area contributed by atoms with Crippen LogP contribution >= 0.6 is 11.8 Å². The lowest BCUT2D eigenvalue weighted by Gasteiger charge is -2.08. The second-order valence-corrected chi connectivity index (χ2v) is 3.86. The van der Waals surface area contributed by atoms with Crippen LogP contribution in [-0.2, 0) is 0 Å². The molecule has 1 aliphatic heterocycles. The van der Waals surface area contributed by atoms with E-state index in [0.717, 1.165) is 5.75 Å². The minimum absolute atomic E-state index is 0.0354. The van der Waals surface area contributed by atoms with Crippen LogP contribution in [0, 0.1) is 6.92 Å². The third kappa shape index (κ3) is 1.36. The van der Waals surface area contributed by atoms with Gasteiger partial charge in [-0.1, -0.05) is 11.8 Å². The summed E-state index contributed by atoms with van der Waals surface area (Å²) >= 11 is 1.45. The van der Waals surface area contributed by atoms with Gasteiger partial charge < -0.3 is 5.11 Å². The van der Waals surface area contributed by atoms with Crippen molar-refractivity contribution in [1.82, 2.24) is 14.8 Å². The Hall–Kier alpha value is -0.880. The highest BCUT2D eigenvalue weighted by Crippen LogP contribution is 2.28. The Bertz CT molecular complexity index is 390. The molecule has 6 heteroatoms. The van der Waals surface area contributed by atoms with Gasteiger partial charge in [-0.2, -0.15) is 10.1 Å². The lowest BCUT2D eigenvalue weighted by molar-refractivity contribution is 0.225. The maximum Gasteiger partial charge on any atom is 0.295 e. The first-order valence-corrected chi connectivity index (χ1v) is 4.92. The molecule has 2 heterocycles. The van der Waals surface area contributed by atoms with E-state index in [2.05, 4.69) is 10.1 Å². The Morgan fingerprint density at radius 1 is 1.77 bits per heavy atom. The zero-order chi connectivity index (χ0) is 9.42. The molecule has 2 rings (SSSR count). The third-order valence-electron chi connectivity index (χ3n) is 1.92. The van der Waals surface area contributed by atoms with Crippen LogP contribution in [0.2, 0.25) is 0 Å². The van der Waals surface area contributed by atoms with Crippen LogP contribution in [0.15, 0.2) is 9.95 Å². The number of nitrogens with zero attached hydrogens (tertiary/aromatic N) is 3. The minimum atomic E-state index is -0.280. The van der Waals surface area contributed by atoms with Crippen LogP contribution in [0.4, 0.5) is 0 Å². The van der Waals surface area contributed by atoms with Crippen molar-refractivity contribution in [1.29, 1.82) is 0 Å². The number of aromatic nitrogens is 3. The summed E-state index contributed by atoms with van der Waals surface area (Å²) in [5.41, 5.74) is 0.0991. The number of aliphatic hydroxyl groups is 1. The molecule has 0 saturated heterocycles. The molecular weight excluding hydrogens is 190 g/mol. The molecule has 0 amide bonds. The van der Waals surface area contributed by atoms with Gasteiger partial charge in [-0.3, -0.25) is 4.79 Å². The number of fused-ring (bicyclic) bond motifs is 1. The van der Waals surface area contributed by atoms with E-state index in [1.54, 1.807) is 11.6 Å². The van der Waals surface area contributed by atoms with Gasteiger partial charge in [0, 0.05) is 5.75 Å². The van der Waals surface area contributed by atoms with Crippen LogP contribution in [0.1, 0.15) is 11.7 Å². The number of rotatable bonds is 1. The number of hydrogen-bond acceptors (Lipinski definition) is 5. The van der Waals surface area contributed by atoms with Gasteiger partial charge in [0.15, 0.2) is 5.16 Å². The van der Waals surface area contributed by atoms with E-state index >= 15 is 0 Å². The van der Waals surface area contributed by atoms with Gasteiger partial charge in [-0.05, 0) is 6.92 Å². The topological polar surface area (TPSA) is 68.0 Å². The van der Waals surface area contributed by atoms with Crippen LogP contribution in [0.3, 0.4) is 0 Å².